The van der Waals surface area contributed by atoms with Crippen LogP contribution < -0.4 is 11.1 Å². The van der Waals surface area contributed by atoms with Crippen LogP contribution in [0.25, 0.3) is 0 Å². The van der Waals surface area contributed by atoms with E-state index in [-0.39, 0.29) is 22.3 Å². The molecular weight excluding hydrogens is 281 g/mol. The number of halogens is 4. The van der Waals surface area contributed by atoms with E-state index in [1.807, 2.05) is 0 Å². The molecule has 2 aromatic rings. The van der Waals surface area contributed by atoms with Gasteiger partial charge in [-0.3, -0.25) is 0 Å². The third-order valence-corrected chi connectivity index (χ3v) is 2.73. The van der Waals surface area contributed by atoms with E-state index < -0.39 is 11.7 Å². The minimum atomic E-state index is -4.44. The van der Waals surface area contributed by atoms with Gasteiger partial charge in [-0.05, 0) is 25.1 Å². The summed E-state index contributed by atoms with van der Waals surface area (Å²) in [6, 6.07) is 2.99. The SMILES string of the molecule is Cc1nc(Nc2cc(C(F)(F)F)ccc2Cl)c(N)[nH]1. The van der Waals surface area contributed by atoms with E-state index in [0.29, 0.717) is 5.82 Å². The van der Waals surface area contributed by atoms with Gasteiger partial charge >= 0.3 is 6.18 Å². The second-order valence-electron chi connectivity index (χ2n) is 3.90. The summed E-state index contributed by atoms with van der Waals surface area (Å²) in [7, 11) is 0. The van der Waals surface area contributed by atoms with Gasteiger partial charge in [-0.15, -0.1) is 0 Å². The molecule has 0 atom stereocenters. The predicted octanol–water partition coefficient (Wildman–Crippen LogP) is 3.72. The number of aromatic nitrogens is 2. The summed E-state index contributed by atoms with van der Waals surface area (Å²) in [6.07, 6.45) is -4.44. The number of hydrogen-bond acceptors (Lipinski definition) is 3. The fourth-order valence-corrected chi connectivity index (χ4v) is 1.70. The molecule has 0 aliphatic heterocycles. The minimum Gasteiger partial charge on any atom is -0.382 e. The Hall–Kier alpha value is -1.89. The van der Waals surface area contributed by atoms with Gasteiger partial charge in [-0.1, -0.05) is 11.6 Å². The highest BCUT2D eigenvalue weighted by molar-refractivity contribution is 6.33. The van der Waals surface area contributed by atoms with Crippen molar-refractivity contribution in [1.29, 1.82) is 0 Å². The molecule has 0 unspecified atom stereocenters. The monoisotopic (exact) mass is 290 g/mol. The number of nitrogen functional groups attached to an aromatic ring is 1. The van der Waals surface area contributed by atoms with Crippen molar-refractivity contribution in [2.24, 2.45) is 0 Å². The van der Waals surface area contributed by atoms with Gasteiger partial charge in [0.05, 0.1) is 16.3 Å². The van der Waals surface area contributed by atoms with Crippen molar-refractivity contribution in [2.75, 3.05) is 11.1 Å². The molecule has 8 heteroatoms. The van der Waals surface area contributed by atoms with Crippen LogP contribution in [0.2, 0.25) is 5.02 Å². The number of benzene rings is 1. The average Bonchev–Trinajstić information content (AvgIpc) is 2.59. The number of alkyl halides is 3. The lowest BCUT2D eigenvalue weighted by Crippen LogP contribution is -2.06. The molecule has 0 saturated heterocycles. The van der Waals surface area contributed by atoms with Crippen LogP contribution in [0.5, 0.6) is 0 Å². The van der Waals surface area contributed by atoms with Crippen LogP contribution in [0.1, 0.15) is 11.4 Å². The molecule has 102 valence electrons. The first-order valence-electron chi connectivity index (χ1n) is 5.23. The van der Waals surface area contributed by atoms with Crippen LogP contribution in [0.3, 0.4) is 0 Å². The van der Waals surface area contributed by atoms with E-state index in [0.717, 1.165) is 12.1 Å². The molecular formula is C11H10ClF3N4. The number of nitrogens with two attached hydrogens (primary N) is 1. The van der Waals surface area contributed by atoms with Crippen LogP contribution >= 0.6 is 11.6 Å². The van der Waals surface area contributed by atoms with Crippen molar-refractivity contribution in [3.8, 4) is 0 Å². The summed E-state index contributed by atoms with van der Waals surface area (Å²) in [5.74, 6) is 1.01. The number of rotatable bonds is 2. The third kappa shape index (κ3) is 2.93. The standard InChI is InChI=1S/C11H10ClF3N4/c1-5-17-9(16)10(18-5)19-8-4-6(11(13,14)15)2-3-7(8)12/h2-4,19H,16H2,1H3,(H,17,18). The van der Waals surface area contributed by atoms with Gasteiger partial charge < -0.3 is 16.0 Å². The van der Waals surface area contributed by atoms with Crippen molar-refractivity contribution in [3.63, 3.8) is 0 Å². The summed E-state index contributed by atoms with van der Waals surface area (Å²) in [4.78, 5) is 6.74. The number of aryl methyl sites for hydroxylation is 1. The molecule has 4 N–H and O–H groups in total. The Balaban J connectivity index is 2.37. The molecule has 1 aromatic carbocycles. The lowest BCUT2D eigenvalue weighted by atomic mass is 10.2. The van der Waals surface area contributed by atoms with Crippen LogP contribution in [0.15, 0.2) is 18.2 Å². The molecule has 0 fully saturated rings. The van der Waals surface area contributed by atoms with Crippen molar-refractivity contribution in [3.05, 3.63) is 34.6 Å². The number of nitrogens with one attached hydrogen (secondary N) is 2. The van der Waals surface area contributed by atoms with E-state index in [2.05, 4.69) is 15.3 Å². The number of nitrogens with zero attached hydrogens (tertiary/aromatic N) is 1. The predicted molar refractivity (Wildman–Crippen MR) is 67.5 cm³/mol. The molecule has 4 nitrogen and oxygen atoms in total. The summed E-state index contributed by atoms with van der Waals surface area (Å²) >= 11 is 5.85. The van der Waals surface area contributed by atoms with Gasteiger partial charge in [0.25, 0.3) is 0 Å². The normalized spacial score (nSPS) is 11.6. The first-order valence-corrected chi connectivity index (χ1v) is 5.61. The molecule has 1 heterocycles. The molecule has 0 aliphatic rings. The summed E-state index contributed by atoms with van der Waals surface area (Å²) in [5.41, 5.74) is 4.91. The fraction of sp³-hybridized carbons (Fsp3) is 0.182. The van der Waals surface area contributed by atoms with Gasteiger partial charge in [0.15, 0.2) is 5.82 Å². The Kier molecular flexibility index (Phi) is 3.32. The first kappa shape index (κ1) is 13.5. The smallest absolute Gasteiger partial charge is 0.382 e. The van der Waals surface area contributed by atoms with E-state index in [9.17, 15) is 13.2 Å². The zero-order chi connectivity index (χ0) is 14.2. The van der Waals surface area contributed by atoms with Gasteiger partial charge in [0, 0.05) is 0 Å². The highest BCUT2D eigenvalue weighted by atomic mass is 35.5. The molecule has 0 amide bonds. The topological polar surface area (TPSA) is 66.7 Å². The molecule has 19 heavy (non-hydrogen) atoms. The summed E-state index contributed by atoms with van der Waals surface area (Å²) in [5, 5.41) is 2.82. The molecule has 0 radical (unpaired) electrons. The van der Waals surface area contributed by atoms with Crippen LogP contribution in [0, 0.1) is 6.92 Å². The number of hydrogen-bond donors (Lipinski definition) is 3. The lowest BCUT2D eigenvalue weighted by Gasteiger charge is -2.11. The Morgan fingerprint density at radius 2 is 2.05 bits per heavy atom. The van der Waals surface area contributed by atoms with Crippen molar-refractivity contribution in [2.45, 2.75) is 13.1 Å². The van der Waals surface area contributed by atoms with Crippen LogP contribution in [-0.4, -0.2) is 9.97 Å². The summed E-state index contributed by atoms with van der Waals surface area (Å²) in [6.45, 7) is 1.68. The van der Waals surface area contributed by atoms with Crippen LogP contribution in [0.4, 0.5) is 30.5 Å². The minimum absolute atomic E-state index is 0.0923. The van der Waals surface area contributed by atoms with Crippen molar-refractivity contribution in [1.82, 2.24) is 9.97 Å². The maximum Gasteiger partial charge on any atom is 0.416 e. The third-order valence-electron chi connectivity index (χ3n) is 2.40. The van der Waals surface area contributed by atoms with Gasteiger partial charge in [-0.25, -0.2) is 4.98 Å². The molecule has 0 saturated carbocycles. The number of imidazole rings is 1. The van der Waals surface area contributed by atoms with E-state index >= 15 is 0 Å². The zero-order valence-corrected chi connectivity index (χ0v) is 10.5. The molecule has 1 aromatic heterocycles. The van der Waals surface area contributed by atoms with Gasteiger partial charge in [0.1, 0.15) is 11.6 Å². The highest BCUT2D eigenvalue weighted by Gasteiger charge is 2.31. The van der Waals surface area contributed by atoms with E-state index in [1.54, 1.807) is 6.92 Å². The highest BCUT2D eigenvalue weighted by Crippen LogP contribution is 2.35. The largest absolute Gasteiger partial charge is 0.416 e. The zero-order valence-electron chi connectivity index (χ0n) is 9.77. The molecule has 0 aliphatic carbocycles. The first-order chi connectivity index (χ1) is 8.77. The Morgan fingerprint density at radius 3 is 2.58 bits per heavy atom. The van der Waals surface area contributed by atoms with Crippen molar-refractivity contribution >= 4 is 28.9 Å². The Labute approximate surface area is 111 Å². The Bertz CT molecular complexity index is 606. The maximum absolute atomic E-state index is 12.6. The van der Waals surface area contributed by atoms with Gasteiger partial charge in [0.2, 0.25) is 0 Å². The Morgan fingerprint density at radius 1 is 1.37 bits per heavy atom. The maximum atomic E-state index is 12.6. The quantitative estimate of drug-likeness (QED) is 0.790. The van der Waals surface area contributed by atoms with E-state index in [4.69, 9.17) is 17.3 Å². The fourth-order valence-electron chi connectivity index (χ4n) is 1.53. The van der Waals surface area contributed by atoms with E-state index in [1.165, 1.54) is 6.07 Å². The lowest BCUT2D eigenvalue weighted by molar-refractivity contribution is -0.137. The van der Waals surface area contributed by atoms with Crippen LogP contribution in [-0.2, 0) is 6.18 Å². The average molecular weight is 291 g/mol. The van der Waals surface area contributed by atoms with Crippen molar-refractivity contribution < 1.29 is 13.2 Å². The summed E-state index contributed by atoms with van der Waals surface area (Å²) < 4.78 is 37.8. The molecule has 2 rings (SSSR count). The molecule has 0 spiro atoms. The number of aromatic amines is 1. The number of anilines is 3. The second kappa shape index (κ2) is 4.65. The second-order valence-corrected chi connectivity index (χ2v) is 4.31. The number of H-pyrrole nitrogens is 1. The van der Waals surface area contributed by atoms with Gasteiger partial charge in [-0.2, -0.15) is 13.2 Å². The molecule has 0 bridgehead atoms.